The van der Waals surface area contributed by atoms with Crippen molar-refractivity contribution in [2.24, 2.45) is 5.84 Å². The van der Waals surface area contributed by atoms with E-state index in [0.717, 1.165) is 6.07 Å². The van der Waals surface area contributed by atoms with Crippen LogP contribution in [0.2, 0.25) is 5.02 Å². The monoisotopic (exact) mass is 316 g/mol. The van der Waals surface area contributed by atoms with Crippen LogP contribution in [0.5, 0.6) is 0 Å². The van der Waals surface area contributed by atoms with Gasteiger partial charge in [0.15, 0.2) is 0 Å². The largest absolute Gasteiger partial charge is 0.383 e. The number of hydrogen-bond donors (Lipinski definition) is 2. The molecule has 0 heterocycles. The normalized spacial score (nSPS) is 10.3. The van der Waals surface area contributed by atoms with Crippen molar-refractivity contribution in [1.29, 1.82) is 0 Å². The molecule has 0 bridgehead atoms. The van der Waals surface area contributed by atoms with E-state index >= 15 is 0 Å². The third-order valence-corrected chi connectivity index (χ3v) is 3.19. The van der Waals surface area contributed by atoms with Crippen LogP contribution in [-0.2, 0) is 4.74 Å². The summed E-state index contributed by atoms with van der Waals surface area (Å²) in [6.07, 6.45) is 0. The second-order valence-electron chi connectivity index (χ2n) is 4.13. The Bertz CT molecular complexity index is 538. The lowest BCUT2D eigenvalue weighted by Gasteiger charge is -2.20. The molecule has 0 saturated heterocycles. The highest BCUT2D eigenvalue weighted by atomic mass is 35.5. The number of hydrogen-bond acceptors (Lipinski definition) is 6. The van der Waals surface area contributed by atoms with Gasteiger partial charge in [-0.05, 0) is 13.0 Å². The van der Waals surface area contributed by atoms with E-state index in [1.165, 1.54) is 18.1 Å². The Balaban J connectivity index is 3.18. The lowest BCUT2D eigenvalue weighted by Crippen LogP contribution is -2.33. The maximum Gasteiger partial charge on any atom is 0.295 e. The molecular formula is C12H17ClN4O4. The van der Waals surface area contributed by atoms with Crippen LogP contribution in [0, 0.1) is 10.1 Å². The second kappa shape index (κ2) is 7.77. The predicted octanol–water partition coefficient (Wildman–Crippen LogP) is 1.64. The number of methoxy groups -OCH3 is 1. The van der Waals surface area contributed by atoms with Crippen LogP contribution in [0.4, 0.5) is 11.4 Å². The number of nitro benzene ring substituents is 1. The summed E-state index contributed by atoms with van der Waals surface area (Å²) in [4.78, 5) is 24.2. The molecule has 1 aromatic rings. The van der Waals surface area contributed by atoms with Crippen LogP contribution in [-0.4, -0.2) is 42.5 Å². The van der Waals surface area contributed by atoms with Gasteiger partial charge in [0.25, 0.3) is 11.6 Å². The minimum absolute atomic E-state index is 0.0119. The predicted molar refractivity (Wildman–Crippen MR) is 79.4 cm³/mol. The van der Waals surface area contributed by atoms with E-state index in [9.17, 15) is 14.9 Å². The number of nitrogens with zero attached hydrogens (tertiary/aromatic N) is 2. The zero-order valence-corrected chi connectivity index (χ0v) is 12.5. The molecule has 3 N–H and O–H groups in total. The SMILES string of the molecule is CCN(CCOC)C(=O)c1cc(Cl)c(NN)c([N+](=O)[O-])c1. The van der Waals surface area contributed by atoms with Crippen LogP contribution in [0.25, 0.3) is 0 Å². The van der Waals surface area contributed by atoms with E-state index in [0.29, 0.717) is 19.7 Å². The van der Waals surface area contributed by atoms with Crippen molar-refractivity contribution in [1.82, 2.24) is 4.90 Å². The standard InChI is InChI=1S/C12H17ClN4O4/c1-3-16(4-5-21-2)12(18)8-6-9(13)11(15-14)10(7-8)17(19)20/h6-7,15H,3-5,14H2,1-2H3. The zero-order chi connectivity index (χ0) is 16.0. The summed E-state index contributed by atoms with van der Waals surface area (Å²) in [6.45, 7) is 3.01. The first kappa shape index (κ1) is 17.2. The van der Waals surface area contributed by atoms with E-state index < -0.39 is 4.92 Å². The number of hydrazine groups is 1. The summed E-state index contributed by atoms with van der Waals surface area (Å²) in [6, 6.07) is 2.50. The third kappa shape index (κ3) is 4.03. The Kier molecular flexibility index (Phi) is 6.35. The van der Waals surface area contributed by atoms with Gasteiger partial charge in [-0.15, -0.1) is 0 Å². The van der Waals surface area contributed by atoms with Gasteiger partial charge in [-0.3, -0.25) is 20.8 Å². The van der Waals surface area contributed by atoms with Crippen LogP contribution < -0.4 is 11.3 Å². The smallest absolute Gasteiger partial charge is 0.295 e. The van der Waals surface area contributed by atoms with Gasteiger partial charge in [0.05, 0.1) is 16.6 Å². The number of nitro groups is 1. The van der Waals surface area contributed by atoms with Gasteiger partial charge < -0.3 is 15.1 Å². The summed E-state index contributed by atoms with van der Waals surface area (Å²) < 4.78 is 4.93. The molecule has 1 aromatic carbocycles. The van der Waals surface area contributed by atoms with Crippen molar-refractivity contribution in [3.05, 3.63) is 32.8 Å². The van der Waals surface area contributed by atoms with Crippen molar-refractivity contribution < 1.29 is 14.5 Å². The number of nitrogens with two attached hydrogens (primary N) is 1. The summed E-state index contributed by atoms with van der Waals surface area (Å²) >= 11 is 5.93. The lowest BCUT2D eigenvalue weighted by molar-refractivity contribution is -0.384. The van der Waals surface area contributed by atoms with Gasteiger partial charge in [-0.25, -0.2) is 0 Å². The highest BCUT2D eigenvalue weighted by Gasteiger charge is 2.23. The molecular weight excluding hydrogens is 300 g/mol. The van der Waals surface area contributed by atoms with Crippen molar-refractivity contribution in [3.63, 3.8) is 0 Å². The minimum Gasteiger partial charge on any atom is -0.383 e. The Hall–Kier alpha value is -1.90. The maximum absolute atomic E-state index is 12.3. The molecule has 0 unspecified atom stereocenters. The minimum atomic E-state index is -0.650. The summed E-state index contributed by atoms with van der Waals surface area (Å²) in [5.74, 6) is 4.86. The number of amides is 1. The fourth-order valence-corrected chi connectivity index (χ4v) is 2.06. The second-order valence-corrected chi connectivity index (χ2v) is 4.54. The summed E-state index contributed by atoms with van der Waals surface area (Å²) in [7, 11) is 1.53. The number of carbonyl (C=O) groups is 1. The molecule has 21 heavy (non-hydrogen) atoms. The maximum atomic E-state index is 12.3. The highest BCUT2D eigenvalue weighted by molar-refractivity contribution is 6.34. The Morgan fingerprint density at radius 2 is 2.24 bits per heavy atom. The number of halogens is 1. The molecule has 1 amide bonds. The van der Waals surface area contributed by atoms with Gasteiger partial charge in [0.2, 0.25) is 0 Å². The number of carbonyl (C=O) groups excluding carboxylic acids is 1. The first-order chi connectivity index (χ1) is 9.96. The van der Waals surface area contributed by atoms with Crippen molar-refractivity contribution in [2.75, 3.05) is 32.2 Å². The highest BCUT2D eigenvalue weighted by Crippen LogP contribution is 2.33. The topological polar surface area (TPSA) is 111 Å². The average molecular weight is 317 g/mol. The molecule has 8 nitrogen and oxygen atoms in total. The van der Waals surface area contributed by atoms with Crippen molar-refractivity contribution in [2.45, 2.75) is 6.92 Å². The average Bonchev–Trinajstić information content (AvgIpc) is 2.46. The number of nitrogen functional groups attached to an aromatic ring is 1. The van der Waals surface area contributed by atoms with Crippen LogP contribution >= 0.6 is 11.6 Å². The van der Waals surface area contributed by atoms with Crippen LogP contribution in [0.15, 0.2) is 12.1 Å². The van der Waals surface area contributed by atoms with Crippen LogP contribution in [0.1, 0.15) is 17.3 Å². The van der Waals surface area contributed by atoms with E-state index in [-0.39, 0.29) is 27.9 Å². The number of ether oxygens (including phenoxy) is 1. The Labute approximate surface area is 126 Å². The number of nitrogens with one attached hydrogen (secondary N) is 1. The van der Waals surface area contributed by atoms with E-state index in [1.807, 2.05) is 0 Å². The van der Waals surface area contributed by atoms with E-state index in [2.05, 4.69) is 5.43 Å². The van der Waals surface area contributed by atoms with Gasteiger partial charge in [0, 0.05) is 31.8 Å². The summed E-state index contributed by atoms with van der Waals surface area (Å²) in [5.41, 5.74) is 1.92. The molecule has 116 valence electrons. The Morgan fingerprint density at radius 3 is 2.71 bits per heavy atom. The lowest BCUT2D eigenvalue weighted by atomic mass is 10.1. The van der Waals surface area contributed by atoms with E-state index in [1.54, 1.807) is 6.92 Å². The first-order valence-electron chi connectivity index (χ1n) is 6.19. The third-order valence-electron chi connectivity index (χ3n) is 2.89. The fourth-order valence-electron chi connectivity index (χ4n) is 1.79. The molecule has 0 aliphatic heterocycles. The van der Waals surface area contributed by atoms with Crippen molar-refractivity contribution >= 4 is 28.9 Å². The van der Waals surface area contributed by atoms with Crippen molar-refractivity contribution in [3.8, 4) is 0 Å². The molecule has 1 rings (SSSR count). The van der Waals surface area contributed by atoms with Crippen LogP contribution in [0.3, 0.4) is 0 Å². The molecule has 0 fully saturated rings. The molecule has 0 radical (unpaired) electrons. The Morgan fingerprint density at radius 1 is 1.57 bits per heavy atom. The molecule has 0 saturated carbocycles. The van der Waals surface area contributed by atoms with Gasteiger partial charge in [-0.1, -0.05) is 11.6 Å². The molecule has 0 spiro atoms. The van der Waals surface area contributed by atoms with E-state index in [4.69, 9.17) is 22.2 Å². The molecule has 0 aromatic heterocycles. The molecule has 0 aliphatic rings. The summed E-state index contributed by atoms with van der Waals surface area (Å²) in [5, 5.41) is 11.0. The molecule has 0 atom stereocenters. The number of likely N-dealkylation sites (N-methyl/N-ethyl adjacent to an activating group) is 1. The molecule has 9 heteroatoms. The van der Waals surface area contributed by atoms with Gasteiger partial charge in [-0.2, -0.15) is 0 Å². The zero-order valence-electron chi connectivity index (χ0n) is 11.8. The van der Waals surface area contributed by atoms with Gasteiger partial charge >= 0.3 is 0 Å². The molecule has 0 aliphatic carbocycles. The van der Waals surface area contributed by atoms with Gasteiger partial charge in [0.1, 0.15) is 5.69 Å². The number of anilines is 1. The number of rotatable bonds is 7. The number of benzene rings is 1. The quantitative estimate of drug-likeness (QED) is 0.449. The first-order valence-corrected chi connectivity index (χ1v) is 6.56. The fraction of sp³-hybridized carbons (Fsp3) is 0.417.